The lowest BCUT2D eigenvalue weighted by Crippen LogP contribution is -2.39. The van der Waals surface area contributed by atoms with Crippen LogP contribution in [0, 0.1) is 0 Å². The van der Waals surface area contributed by atoms with Gasteiger partial charge in [-0.15, -0.1) is 0 Å². The monoisotopic (exact) mass is 218 g/mol. The van der Waals surface area contributed by atoms with E-state index in [1.807, 2.05) is 12.3 Å². The van der Waals surface area contributed by atoms with E-state index in [-0.39, 0.29) is 0 Å². The van der Waals surface area contributed by atoms with Gasteiger partial charge in [-0.3, -0.25) is 4.98 Å². The van der Waals surface area contributed by atoms with Crippen LogP contribution in [0.25, 0.3) is 0 Å². The van der Waals surface area contributed by atoms with Crippen LogP contribution in [-0.2, 0) is 0 Å². The molecule has 2 nitrogen and oxygen atoms in total. The zero-order valence-corrected chi connectivity index (χ0v) is 10.2. The average Bonchev–Trinajstić information content (AvgIpc) is 2.38. The number of aromatic nitrogens is 1. The molecule has 88 valence electrons. The molecule has 0 aliphatic carbocycles. The molecule has 2 rings (SSSR count). The van der Waals surface area contributed by atoms with Crippen LogP contribution in [0.2, 0.25) is 0 Å². The SMILES string of the molecule is CCCC(c1ccccn1)C1CCCCN1. The van der Waals surface area contributed by atoms with E-state index in [2.05, 4.69) is 29.4 Å². The van der Waals surface area contributed by atoms with Crippen molar-refractivity contribution in [3.63, 3.8) is 0 Å². The average molecular weight is 218 g/mol. The van der Waals surface area contributed by atoms with E-state index in [0.29, 0.717) is 12.0 Å². The standard InChI is InChI=1S/C14H22N2/c1-2-7-12(13-8-3-5-10-15-13)14-9-4-6-11-16-14/h3,5,8,10,12,14,16H,2,4,6-7,9,11H2,1H3. The minimum atomic E-state index is 0.603. The van der Waals surface area contributed by atoms with Gasteiger partial charge in [-0.05, 0) is 37.9 Å². The smallest absolute Gasteiger partial charge is 0.0450 e. The number of hydrogen-bond acceptors (Lipinski definition) is 2. The van der Waals surface area contributed by atoms with E-state index < -0.39 is 0 Å². The second kappa shape index (κ2) is 6.00. The zero-order valence-electron chi connectivity index (χ0n) is 10.2. The molecule has 2 unspecified atom stereocenters. The lowest BCUT2D eigenvalue weighted by molar-refractivity contribution is 0.333. The van der Waals surface area contributed by atoms with Gasteiger partial charge in [0.1, 0.15) is 0 Å². The molecule has 1 saturated heterocycles. The zero-order chi connectivity index (χ0) is 11.2. The topological polar surface area (TPSA) is 24.9 Å². The summed E-state index contributed by atoms with van der Waals surface area (Å²) in [6.07, 6.45) is 8.40. The molecule has 1 N–H and O–H groups in total. The van der Waals surface area contributed by atoms with E-state index in [1.54, 1.807) is 0 Å². The molecule has 0 bridgehead atoms. The van der Waals surface area contributed by atoms with Gasteiger partial charge in [0, 0.05) is 23.9 Å². The van der Waals surface area contributed by atoms with Crippen LogP contribution in [0.5, 0.6) is 0 Å². The summed E-state index contributed by atoms with van der Waals surface area (Å²) in [6, 6.07) is 6.93. The maximum atomic E-state index is 4.53. The Hall–Kier alpha value is -0.890. The third kappa shape index (κ3) is 2.82. The predicted molar refractivity (Wildman–Crippen MR) is 67.5 cm³/mol. The summed E-state index contributed by atoms with van der Waals surface area (Å²) in [6.45, 7) is 3.44. The Bertz CT molecular complexity index is 291. The van der Waals surface area contributed by atoms with Crippen LogP contribution in [-0.4, -0.2) is 17.6 Å². The molecular weight excluding hydrogens is 196 g/mol. The Morgan fingerprint density at radius 1 is 1.44 bits per heavy atom. The van der Waals surface area contributed by atoms with Crippen molar-refractivity contribution in [1.82, 2.24) is 10.3 Å². The van der Waals surface area contributed by atoms with Crippen molar-refractivity contribution in [3.05, 3.63) is 30.1 Å². The first kappa shape index (κ1) is 11.6. The van der Waals surface area contributed by atoms with Crippen molar-refractivity contribution < 1.29 is 0 Å². The highest BCUT2D eigenvalue weighted by atomic mass is 14.9. The Morgan fingerprint density at radius 2 is 2.38 bits per heavy atom. The maximum absolute atomic E-state index is 4.53. The molecular formula is C14H22N2. The van der Waals surface area contributed by atoms with Gasteiger partial charge in [-0.25, -0.2) is 0 Å². The van der Waals surface area contributed by atoms with Gasteiger partial charge in [-0.1, -0.05) is 25.8 Å². The molecule has 2 heteroatoms. The summed E-state index contributed by atoms with van der Waals surface area (Å²) >= 11 is 0. The fourth-order valence-electron chi connectivity index (χ4n) is 2.68. The maximum Gasteiger partial charge on any atom is 0.0450 e. The molecule has 1 aliphatic rings. The van der Waals surface area contributed by atoms with Crippen LogP contribution < -0.4 is 5.32 Å². The van der Waals surface area contributed by atoms with E-state index in [9.17, 15) is 0 Å². The van der Waals surface area contributed by atoms with Crippen molar-refractivity contribution in [2.24, 2.45) is 0 Å². The minimum absolute atomic E-state index is 0.603. The molecule has 1 fully saturated rings. The summed E-state index contributed by atoms with van der Waals surface area (Å²) in [5.41, 5.74) is 1.27. The first-order valence-corrected chi connectivity index (χ1v) is 6.56. The van der Waals surface area contributed by atoms with Crippen molar-refractivity contribution in [1.29, 1.82) is 0 Å². The molecule has 0 aromatic carbocycles. The minimum Gasteiger partial charge on any atom is -0.313 e. The van der Waals surface area contributed by atoms with Gasteiger partial charge in [0.25, 0.3) is 0 Å². The molecule has 1 aromatic rings. The highest BCUT2D eigenvalue weighted by Crippen LogP contribution is 2.27. The first-order valence-electron chi connectivity index (χ1n) is 6.56. The summed E-state index contributed by atoms with van der Waals surface area (Å²) in [5, 5.41) is 3.66. The molecule has 0 radical (unpaired) electrons. The van der Waals surface area contributed by atoms with Crippen molar-refractivity contribution in [2.45, 2.75) is 51.0 Å². The number of hydrogen-bond donors (Lipinski definition) is 1. The second-order valence-electron chi connectivity index (χ2n) is 4.71. The largest absolute Gasteiger partial charge is 0.313 e. The number of nitrogens with zero attached hydrogens (tertiary/aromatic N) is 1. The van der Waals surface area contributed by atoms with Crippen molar-refractivity contribution in [3.8, 4) is 0 Å². The van der Waals surface area contributed by atoms with Crippen LogP contribution in [0.1, 0.15) is 50.6 Å². The van der Waals surface area contributed by atoms with Gasteiger partial charge >= 0.3 is 0 Å². The Morgan fingerprint density at radius 3 is 3.00 bits per heavy atom. The van der Waals surface area contributed by atoms with E-state index in [4.69, 9.17) is 0 Å². The molecule has 16 heavy (non-hydrogen) atoms. The van der Waals surface area contributed by atoms with Crippen LogP contribution in [0.15, 0.2) is 24.4 Å². The Balaban J connectivity index is 2.09. The summed E-state index contributed by atoms with van der Waals surface area (Å²) in [4.78, 5) is 4.53. The third-order valence-corrected chi connectivity index (χ3v) is 3.50. The molecule has 1 aromatic heterocycles. The fourth-order valence-corrected chi connectivity index (χ4v) is 2.68. The predicted octanol–water partition coefficient (Wildman–Crippen LogP) is 3.11. The van der Waals surface area contributed by atoms with Crippen molar-refractivity contribution >= 4 is 0 Å². The molecule has 0 saturated carbocycles. The fraction of sp³-hybridized carbons (Fsp3) is 0.643. The normalized spacial score (nSPS) is 22.9. The van der Waals surface area contributed by atoms with E-state index in [0.717, 1.165) is 0 Å². The highest BCUT2D eigenvalue weighted by molar-refractivity contribution is 5.12. The number of piperidine rings is 1. The van der Waals surface area contributed by atoms with E-state index in [1.165, 1.54) is 44.3 Å². The third-order valence-electron chi connectivity index (χ3n) is 3.50. The molecule has 2 atom stereocenters. The van der Waals surface area contributed by atoms with Gasteiger partial charge < -0.3 is 5.32 Å². The molecule has 2 heterocycles. The quantitative estimate of drug-likeness (QED) is 0.840. The van der Waals surface area contributed by atoms with Gasteiger partial charge in [-0.2, -0.15) is 0 Å². The highest BCUT2D eigenvalue weighted by Gasteiger charge is 2.24. The molecule has 0 spiro atoms. The van der Waals surface area contributed by atoms with Gasteiger partial charge in [0.2, 0.25) is 0 Å². The summed E-state index contributed by atoms with van der Waals surface area (Å²) < 4.78 is 0. The van der Waals surface area contributed by atoms with Crippen LogP contribution in [0.4, 0.5) is 0 Å². The summed E-state index contributed by atoms with van der Waals surface area (Å²) in [5.74, 6) is 0.603. The lowest BCUT2D eigenvalue weighted by Gasteiger charge is -2.31. The first-order chi connectivity index (χ1) is 7.92. The Kier molecular flexibility index (Phi) is 4.34. The lowest BCUT2D eigenvalue weighted by atomic mass is 9.86. The Labute approximate surface area is 98.5 Å². The second-order valence-corrected chi connectivity index (χ2v) is 4.71. The number of rotatable bonds is 4. The number of pyridine rings is 1. The number of nitrogens with one attached hydrogen (secondary N) is 1. The van der Waals surface area contributed by atoms with Crippen molar-refractivity contribution in [2.75, 3.05) is 6.54 Å². The molecule has 1 aliphatic heterocycles. The van der Waals surface area contributed by atoms with Crippen LogP contribution in [0.3, 0.4) is 0 Å². The van der Waals surface area contributed by atoms with E-state index >= 15 is 0 Å². The van der Waals surface area contributed by atoms with Gasteiger partial charge in [0.05, 0.1) is 0 Å². The van der Waals surface area contributed by atoms with Gasteiger partial charge in [0.15, 0.2) is 0 Å². The molecule has 0 amide bonds. The summed E-state index contributed by atoms with van der Waals surface area (Å²) in [7, 11) is 0. The van der Waals surface area contributed by atoms with Crippen LogP contribution >= 0.6 is 0 Å².